The van der Waals surface area contributed by atoms with Crippen LogP contribution < -0.4 is 10.6 Å². The van der Waals surface area contributed by atoms with E-state index < -0.39 is 5.79 Å². The molecule has 1 fully saturated rings. The van der Waals surface area contributed by atoms with Crippen molar-refractivity contribution in [3.63, 3.8) is 0 Å². The van der Waals surface area contributed by atoms with Crippen LogP contribution in [0.3, 0.4) is 0 Å². The number of ether oxygens (including phenoxy) is 2. The van der Waals surface area contributed by atoms with Crippen molar-refractivity contribution in [1.82, 2.24) is 34.9 Å². The first kappa shape index (κ1) is 41.2. The standard InChI is InChI=1S/C31H29N5O2.C20H15ClN4/c1-31(2)37-19-24(20-38-31)22-15-23(17-32-16-22)29-35-27-13-8-12-26(21-9-4-3-5-10-21)28(27)30(36-29)34-18-25-11-6-7-14-33-25;21-20-24-17-11-6-10-16(14-7-2-1-3-8-14)18(17)19(25-20)23-13-15-9-4-5-12-22-15/h3-17,24H,18-20H2,1-2H3,(H,34,35,36);1-12H,13H2,(H,23,24,25). The molecule has 9 aromatic rings. The van der Waals surface area contributed by atoms with Gasteiger partial charge in [-0.15, -0.1) is 0 Å². The lowest BCUT2D eigenvalue weighted by Crippen LogP contribution is -2.38. The molecule has 11 nitrogen and oxygen atoms in total. The Balaban J connectivity index is 0.000000174. The Kier molecular flexibility index (Phi) is 12.3. The molecule has 0 unspecified atom stereocenters. The highest BCUT2D eigenvalue weighted by Crippen LogP contribution is 2.36. The molecule has 0 aliphatic carbocycles. The normalized spacial score (nSPS) is 13.6. The summed E-state index contributed by atoms with van der Waals surface area (Å²) in [5, 5.41) is 9.04. The Morgan fingerprint density at radius 1 is 0.571 bits per heavy atom. The Morgan fingerprint density at radius 2 is 1.11 bits per heavy atom. The maximum atomic E-state index is 6.13. The van der Waals surface area contributed by atoms with Crippen LogP contribution in [0.2, 0.25) is 5.28 Å². The zero-order valence-corrected chi connectivity index (χ0v) is 35.6. The van der Waals surface area contributed by atoms with Crippen LogP contribution in [0.15, 0.2) is 164 Å². The van der Waals surface area contributed by atoms with Crippen molar-refractivity contribution in [2.24, 2.45) is 0 Å². The fourth-order valence-corrected chi connectivity index (χ4v) is 7.66. The number of aromatic nitrogens is 7. The highest BCUT2D eigenvalue weighted by Gasteiger charge is 2.29. The van der Waals surface area contributed by atoms with E-state index in [0.717, 1.165) is 72.4 Å². The summed E-state index contributed by atoms with van der Waals surface area (Å²) < 4.78 is 11.8. The number of anilines is 2. The van der Waals surface area contributed by atoms with Crippen molar-refractivity contribution in [1.29, 1.82) is 0 Å². The molecule has 5 aromatic heterocycles. The highest BCUT2D eigenvalue weighted by atomic mass is 35.5. The average Bonchev–Trinajstić information content (AvgIpc) is 3.33. The van der Waals surface area contributed by atoms with Gasteiger partial charge in [-0.3, -0.25) is 15.0 Å². The molecule has 4 aromatic carbocycles. The summed E-state index contributed by atoms with van der Waals surface area (Å²) in [6, 6.07) is 46.5. The lowest BCUT2D eigenvalue weighted by atomic mass is 9.99. The summed E-state index contributed by atoms with van der Waals surface area (Å²) in [6.07, 6.45) is 7.25. The lowest BCUT2D eigenvalue weighted by molar-refractivity contribution is -0.251. The quantitative estimate of drug-likeness (QED) is 0.127. The van der Waals surface area contributed by atoms with Gasteiger partial charge in [0.15, 0.2) is 11.6 Å². The largest absolute Gasteiger partial charge is 0.364 e. The van der Waals surface area contributed by atoms with Crippen LogP contribution in [-0.4, -0.2) is 53.9 Å². The molecule has 312 valence electrons. The van der Waals surface area contributed by atoms with Gasteiger partial charge in [-0.05, 0) is 95.7 Å². The number of pyridine rings is 3. The summed E-state index contributed by atoms with van der Waals surface area (Å²) in [6.45, 7) is 6.13. The van der Waals surface area contributed by atoms with Crippen molar-refractivity contribution in [2.75, 3.05) is 23.8 Å². The smallest absolute Gasteiger partial charge is 0.224 e. The second kappa shape index (κ2) is 18.8. The van der Waals surface area contributed by atoms with E-state index in [1.54, 1.807) is 12.4 Å². The van der Waals surface area contributed by atoms with E-state index >= 15 is 0 Å². The van der Waals surface area contributed by atoms with Crippen LogP contribution in [0.5, 0.6) is 0 Å². The molecule has 12 heteroatoms. The van der Waals surface area contributed by atoms with Crippen LogP contribution in [-0.2, 0) is 22.6 Å². The second-order valence-electron chi connectivity index (χ2n) is 15.4. The van der Waals surface area contributed by atoms with E-state index in [4.69, 9.17) is 31.0 Å². The first-order valence-electron chi connectivity index (χ1n) is 20.8. The lowest BCUT2D eigenvalue weighted by Gasteiger charge is -2.35. The van der Waals surface area contributed by atoms with E-state index in [-0.39, 0.29) is 11.2 Å². The number of fused-ring (bicyclic) bond motifs is 2. The van der Waals surface area contributed by atoms with Gasteiger partial charge >= 0.3 is 0 Å². The Labute approximate surface area is 370 Å². The van der Waals surface area contributed by atoms with Crippen molar-refractivity contribution in [3.8, 4) is 33.6 Å². The SMILES string of the molecule is CC1(C)OCC(c2cncc(-c3nc(NCc4ccccn4)c4c(-c5ccccc5)cccc4n3)c2)CO1.Clc1nc(NCc2ccccn2)c2c(-c3ccccc3)cccc2n1. The molecule has 1 saturated heterocycles. The number of benzene rings is 4. The van der Waals surface area contributed by atoms with Gasteiger partial charge in [0, 0.05) is 36.3 Å². The van der Waals surface area contributed by atoms with Crippen molar-refractivity contribution in [3.05, 3.63) is 187 Å². The van der Waals surface area contributed by atoms with Crippen LogP contribution in [0.4, 0.5) is 11.6 Å². The summed E-state index contributed by atoms with van der Waals surface area (Å²) in [4.78, 5) is 32.1. The zero-order chi connectivity index (χ0) is 43.0. The molecule has 0 bridgehead atoms. The van der Waals surface area contributed by atoms with Gasteiger partial charge in [-0.25, -0.2) is 19.9 Å². The number of nitrogens with one attached hydrogen (secondary N) is 2. The van der Waals surface area contributed by atoms with Gasteiger partial charge in [-0.2, -0.15) is 0 Å². The Bertz CT molecular complexity index is 2950. The molecule has 1 aliphatic heterocycles. The molecule has 0 radical (unpaired) electrons. The summed E-state index contributed by atoms with van der Waals surface area (Å²) >= 11 is 6.13. The predicted octanol–water partition coefficient (Wildman–Crippen LogP) is 11.2. The van der Waals surface area contributed by atoms with Crippen molar-refractivity contribution in [2.45, 2.75) is 38.6 Å². The number of nitrogens with zero attached hydrogens (tertiary/aromatic N) is 7. The van der Waals surface area contributed by atoms with Gasteiger partial charge in [-0.1, -0.05) is 97.1 Å². The third-order valence-electron chi connectivity index (χ3n) is 10.7. The monoisotopic (exact) mass is 849 g/mol. The highest BCUT2D eigenvalue weighted by molar-refractivity contribution is 6.29. The topological polar surface area (TPSA) is 133 Å². The first-order valence-corrected chi connectivity index (χ1v) is 21.1. The Morgan fingerprint density at radius 3 is 1.67 bits per heavy atom. The van der Waals surface area contributed by atoms with Crippen LogP contribution in [0.25, 0.3) is 55.4 Å². The fraction of sp³-hybridized carbons (Fsp3) is 0.157. The van der Waals surface area contributed by atoms with E-state index in [1.165, 1.54) is 0 Å². The number of hydrogen-bond donors (Lipinski definition) is 2. The first-order chi connectivity index (χ1) is 30.9. The molecule has 0 amide bonds. The summed E-state index contributed by atoms with van der Waals surface area (Å²) in [7, 11) is 0. The van der Waals surface area contributed by atoms with Gasteiger partial charge in [0.05, 0.1) is 59.5 Å². The Hall–Kier alpha value is -7.18. The summed E-state index contributed by atoms with van der Waals surface area (Å²) in [5.41, 5.74) is 9.79. The molecule has 63 heavy (non-hydrogen) atoms. The van der Waals surface area contributed by atoms with Gasteiger partial charge in [0.25, 0.3) is 0 Å². The fourth-order valence-electron chi connectivity index (χ4n) is 7.48. The average molecular weight is 850 g/mol. The van der Waals surface area contributed by atoms with Crippen molar-refractivity contribution < 1.29 is 9.47 Å². The van der Waals surface area contributed by atoms with E-state index in [1.807, 2.05) is 123 Å². The maximum Gasteiger partial charge on any atom is 0.224 e. The maximum absolute atomic E-state index is 6.13. The van der Waals surface area contributed by atoms with Crippen molar-refractivity contribution >= 4 is 45.0 Å². The minimum absolute atomic E-state index is 0.0994. The molecule has 1 aliphatic rings. The molecule has 0 spiro atoms. The molecular weight excluding hydrogens is 806 g/mol. The number of halogens is 1. The van der Waals surface area contributed by atoms with E-state index in [2.05, 4.69) is 78.0 Å². The van der Waals surface area contributed by atoms with E-state index in [9.17, 15) is 0 Å². The molecular formula is C51H44ClN9O2. The van der Waals surface area contributed by atoms with Crippen LogP contribution in [0, 0.1) is 0 Å². The number of rotatable bonds is 10. The zero-order valence-electron chi connectivity index (χ0n) is 34.8. The van der Waals surface area contributed by atoms with Crippen LogP contribution in [0.1, 0.15) is 36.7 Å². The predicted molar refractivity (Wildman–Crippen MR) is 250 cm³/mol. The third-order valence-corrected chi connectivity index (χ3v) is 10.8. The summed E-state index contributed by atoms with van der Waals surface area (Å²) in [5.74, 6) is 1.61. The van der Waals surface area contributed by atoms with Gasteiger partial charge in [0.2, 0.25) is 5.28 Å². The molecule has 6 heterocycles. The van der Waals surface area contributed by atoms with E-state index in [0.29, 0.717) is 37.9 Å². The number of hydrogen-bond acceptors (Lipinski definition) is 11. The molecule has 0 saturated carbocycles. The molecule has 2 N–H and O–H groups in total. The second-order valence-corrected chi connectivity index (χ2v) is 15.8. The van der Waals surface area contributed by atoms with Gasteiger partial charge < -0.3 is 20.1 Å². The molecule has 10 rings (SSSR count). The minimum atomic E-state index is -0.562. The minimum Gasteiger partial charge on any atom is -0.364 e. The molecule has 0 atom stereocenters. The van der Waals surface area contributed by atoms with Gasteiger partial charge in [0.1, 0.15) is 11.6 Å². The van der Waals surface area contributed by atoms with Crippen LogP contribution >= 0.6 is 11.6 Å². The third kappa shape index (κ3) is 9.82.